The number of carbonyl (C=O) groups is 1. The maximum atomic E-state index is 13.0. The van der Waals surface area contributed by atoms with Crippen LogP contribution in [0.15, 0.2) is 42.7 Å². The third-order valence-electron chi connectivity index (χ3n) is 4.67. The third kappa shape index (κ3) is 3.45. The summed E-state index contributed by atoms with van der Waals surface area (Å²) < 4.78 is 0. The summed E-state index contributed by atoms with van der Waals surface area (Å²) in [5.74, 6) is 0.887. The van der Waals surface area contributed by atoms with E-state index in [0.717, 1.165) is 11.4 Å². The number of hydrogen-bond donors (Lipinski definition) is 0. The van der Waals surface area contributed by atoms with Gasteiger partial charge in [-0.05, 0) is 19.4 Å². The molecule has 2 aromatic rings. The van der Waals surface area contributed by atoms with Gasteiger partial charge >= 0.3 is 0 Å². The van der Waals surface area contributed by atoms with Crippen molar-refractivity contribution in [3.8, 4) is 6.07 Å². The van der Waals surface area contributed by atoms with Crippen LogP contribution in [-0.4, -0.2) is 47.0 Å². The Morgan fingerprint density at radius 2 is 1.76 bits per heavy atom. The van der Waals surface area contributed by atoms with Crippen molar-refractivity contribution in [2.45, 2.75) is 19.3 Å². The van der Waals surface area contributed by atoms with E-state index >= 15 is 0 Å². The minimum absolute atomic E-state index is 0.143. The molecule has 0 saturated carbocycles. The largest absolute Gasteiger partial charge is 0.352 e. The lowest BCUT2D eigenvalue weighted by molar-refractivity contribution is -0.136. The first-order chi connectivity index (χ1) is 12.0. The molecule has 0 radical (unpaired) electrons. The van der Waals surface area contributed by atoms with E-state index < -0.39 is 5.41 Å². The van der Waals surface area contributed by atoms with Crippen LogP contribution in [0.5, 0.6) is 0 Å². The highest BCUT2D eigenvalue weighted by molar-refractivity contribution is 5.87. The number of nitrogens with zero attached hydrogens (tertiary/aromatic N) is 5. The van der Waals surface area contributed by atoms with Gasteiger partial charge in [-0.15, -0.1) is 0 Å². The molecule has 1 aromatic carbocycles. The van der Waals surface area contributed by atoms with E-state index in [4.69, 9.17) is 5.26 Å². The second kappa shape index (κ2) is 6.89. The van der Waals surface area contributed by atoms with E-state index in [1.165, 1.54) is 6.20 Å². The fraction of sp³-hybridized carbons (Fsp3) is 0.368. The van der Waals surface area contributed by atoms with Gasteiger partial charge in [0.25, 0.3) is 0 Å². The smallest absolute Gasteiger partial charge is 0.232 e. The number of aromatic nitrogens is 2. The van der Waals surface area contributed by atoms with E-state index in [-0.39, 0.29) is 5.91 Å². The predicted octanol–water partition coefficient (Wildman–Crippen LogP) is 1.97. The molecule has 0 N–H and O–H groups in total. The molecule has 3 rings (SSSR count). The molecule has 0 aliphatic carbocycles. The highest BCUT2D eigenvalue weighted by Crippen LogP contribution is 2.26. The van der Waals surface area contributed by atoms with Gasteiger partial charge in [-0.2, -0.15) is 5.26 Å². The molecular formula is C19H21N5O. The lowest BCUT2D eigenvalue weighted by Gasteiger charge is -2.39. The number of carbonyl (C=O) groups excluding carboxylic acids is 1. The van der Waals surface area contributed by atoms with Gasteiger partial charge in [0.2, 0.25) is 5.91 Å². The Morgan fingerprint density at radius 1 is 1.08 bits per heavy atom. The van der Waals surface area contributed by atoms with Crippen LogP contribution in [0.4, 0.5) is 5.82 Å². The first kappa shape index (κ1) is 16.9. The Morgan fingerprint density at radius 3 is 2.32 bits per heavy atom. The van der Waals surface area contributed by atoms with Crippen LogP contribution >= 0.6 is 0 Å². The van der Waals surface area contributed by atoms with Crippen molar-refractivity contribution in [1.29, 1.82) is 5.26 Å². The Kier molecular flexibility index (Phi) is 4.66. The minimum Gasteiger partial charge on any atom is -0.352 e. The van der Waals surface area contributed by atoms with Crippen molar-refractivity contribution in [3.05, 3.63) is 54.0 Å². The zero-order valence-electron chi connectivity index (χ0n) is 14.5. The van der Waals surface area contributed by atoms with E-state index in [1.807, 2.05) is 55.1 Å². The average molecular weight is 335 g/mol. The van der Waals surface area contributed by atoms with Gasteiger partial charge in [0.15, 0.2) is 5.69 Å². The van der Waals surface area contributed by atoms with Crippen LogP contribution in [0.3, 0.4) is 0 Å². The Bertz CT molecular complexity index is 772. The van der Waals surface area contributed by atoms with Crippen LogP contribution in [0.2, 0.25) is 0 Å². The summed E-state index contributed by atoms with van der Waals surface area (Å²) in [6, 6.07) is 11.9. The monoisotopic (exact) mass is 335 g/mol. The van der Waals surface area contributed by atoms with Gasteiger partial charge in [0, 0.05) is 26.2 Å². The molecule has 1 aromatic heterocycles. The second-order valence-corrected chi connectivity index (χ2v) is 6.64. The average Bonchev–Trinajstić information content (AvgIpc) is 2.68. The number of benzene rings is 1. The van der Waals surface area contributed by atoms with Crippen molar-refractivity contribution in [1.82, 2.24) is 14.9 Å². The van der Waals surface area contributed by atoms with E-state index in [9.17, 15) is 4.79 Å². The van der Waals surface area contributed by atoms with Gasteiger partial charge in [-0.25, -0.2) is 9.97 Å². The van der Waals surface area contributed by atoms with Gasteiger partial charge < -0.3 is 9.80 Å². The maximum Gasteiger partial charge on any atom is 0.232 e. The quantitative estimate of drug-likeness (QED) is 0.857. The summed E-state index contributed by atoms with van der Waals surface area (Å²) in [5, 5.41) is 8.79. The summed E-state index contributed by atoms with van der Waals surface area (Å²) in [5.41, 5.74) is 0.792. The molecule has 0 atom stereocenters. The van der Waals surface area contributed by atoms with Crippen LogP contribution in [-0.2, 0) is 10.2 Å². The van der Waals surface area contributed by atoms with Crippen LogP contribution in [0.25, 0.3) is 0 Å². The first-order valence-corrected chi connectivity index (χ1v) is 8.34. The maximum absolute atomic E-state index is 13.0. The summed E-state index contributed by atoms with van der Waals surface area (Å²) in [6.45, 7) is 6.66. The standard InChI is InChI=1S/C19H21N5O/c1-19(2,15-6-4-3-5-7-15)18(25)24-10-8-23(9-11-24)17-14-21-16(12-20)13-22-17/h3-7,13-14H,8-11H2,1-2H3. The zero-order chi connectivity index (χ0) is 17.9. The molecule has 1 aliphatic heterocycles. The number of rotatable bonds is 3. The molecule has 25 heavy (non-hydrogen) atoms. The van der Waals surface area contributed by atoms with E-state index in [2.05, 4.69) is 14.9 Å². The molecular weight excluding hydrogens is 314 g/mol. The van der Waals surface area contributed by atoms with Gasteiger partial charge in [-0.1, -0.05) is 30.3 Å². The normalized spacial score (nSPS) is 14.9. The van der Waals surface area contributed by atoms with Gasteiger partial charge in [0.1, 0.15) is 11.9 Å². The number of amides is 1. The molecule has 1 saturated heterocycles. The predicted molar refractivity (Wildman–Crippen MR) is 95.0 cm³/mol. The fourth-order valence-corrected chi connectivity index (χ4v) is 3.05. The Labute approximate surface area is 147 Å². The highest BCUT2D eigenvalue weighted by atomic mass is 16.2. The Hall–Kier alpha value is -2.94. The molecule has 128 valence electrons. The molecule has 6 nitrogen and oxygen atoms in total. The summed E-state index contributed by atoms with van der Waals surface area (Å²) in [6.07, 6.45) is 3.09. The summed E-state index contributed by atoms with van der Waals surface area (Å²) in [4.78, 5) is 25.3. The molecule has 1 fully saturated rings. The molecule has 0 spiro atoms. The van der Waals surface area contributed by atoms with Crippen molar-refractivity contribution in [3.63, 3.8) is 0 Å². The van der Waals surface area contributed by atoms with Crippen molar-refractivity contribution >= 4 is 11.7 Å². The van der Waals surface area contributed by atoms with Crippen LogP contribution < -0.4 is 4.90 Å². The molecule has 6 heteroatoms. The van der Waals surface area contributed by atoms with Crippen molar-refractivity contribution in [2.24, 2.45) is 0 Å². The number of hydrogen-bond acceptors (Lipinski definition) is 5. The number of anilines is 1. The van der Waals surface area contributed by atoms with Gasteiger partial charge in [-0.3, -0.25) is 4.79 Å². The highest BCUT2D eigenvalue weighted by Gasteiger charge is 2.35. The van der Waals surface area contributed by atoms with E-state index in [0.29, 0.717) is 31.9 Å². The van der Waals surface area contributed by atoms with Gasteiger partial charge in [0.05, 0.1) is 17.8 Å². The van der Waals surface area contributed by atoms with E-state index in [1.54, 1.807) is 6.20 Å². The van der Waals surface area contributed by atoms with Crippen LogP contribution in [0, 0.1) is 11.3 Å². The Balaban J connectivity index is 1.65. The molecule has 1 aliphatic rings. The SMILES string of the molecule is CC(C)(C(=O)N1CCN(c2cnc(C#N)cn2)CC1)c1ccccc1. The molecule has 2 heterocycles. The number of piperazine rings is 1. The topological polar surface area (TPSA) is 73.1 Å². The van der Waals surface area contributed by atoms with Crippen molar-refractivity contribution in [2.75, 3.05) is 31.1 Å². The molecule has 0 bridgehead atoms. The number of nitriles is 1. The van der Waals surface area contributed by atoms with Crippen LogP contribution in [0.1, 0.15) is 25.1 Å². The zero-order valence-corrected chi connectivity index (χ0v) is 14.5. The first-order valence-electron chi connectivity index (χ1n) is 8.34. The third-order valence-corrected chi connectivity index (χ3v) is 4.67. The summed E-state index contributed by atoms with van der Waals surface area (Å²) in [7, 11) is 0. The summed E-state index contributed by atoms with van der Waals surface area (Å²) >= 11 is 0. The lowest BCUT2D eigenvalue weighted by atomic mass is 9.83. The molecule has 0 unspecified atom stereocenters. The molecule has 1 amide bonds. The van der Waals surface area contributed by atoms with Crippen molar-refractivity contribution < 1.29 is 4.79 Å². The lowest BCUT2D eigenvalue weighted by Crippen LogP contribution is -2.53. The fourth-order valence-electron chi connectivity index (χ4n) is 3.05. The second-order valence-electron chi connectivity index (χ2n) is 6.64. The minimum atomic E-state index is -0.544.